The molecule has 1 aliphatic carbocycles. The van der Waals surface area contributed by atoms with Crippen LogP contribution in [0.3, 0.4) is 0 Å². The number of hydrogen-bond acceptors (Lipinski definition) is 2. The Balaban J connectivity index is 2.16. The van der Waals surface area contributed by atoms with Crippen LogP contribution in [0.1, 0.15) is 65.7 Å². The molecule has 0 aromatic rings. The van der Waals surface area contributed by atoms with E-state index in [2.05, 4.69) is 26.1 Å². The molecule has 1 aliphatic rings. The summed E-state index contributed by atoms with van der Waals surface area (Å²) in [6, 6.07) is 0.681. The molecule has 1 amide bonds. The summed E-state index contributed by atoms with van der Waals surface area (Å²) in [6.45, 7) is 6.55. The lowest BCUT2D eigenvalue weighted by Crippen LogP contribution is -2.35. The molecule has 0 heterocycles. The van der Waals surface area contributed by atoms with Gasteiger partial charge in [0.1, 0.15) is 0 Å². The highest BCUT2D eigenvalue weighted by Gasteiger charge is 2.21. The maximum atomic E-state index is 11.9. The third-order valence-electron chi connectivity index (χ3n) is 3.95. The lowest BCUT2D eigenvalue weighted by atomic mass is 9.84. The van der Waals surface area contributed by atoms with Crippen LogP contribution in [0.4, 0.5) is 0 Å². The molecule has 1 saturated carbocycles. The highest BCUT2D eigenvalue weighted by Crippen LogP contribution is 2.25. The fourth-order valence-corrected chi connectivity index (χ4v) is 2.64. The van der Waals surface area contributed by atoms with Crippen LogP contribution in [0, 0.1) is 11.8 Å². The van der Waals surface area contributed by atoms with Crippen LogP contribution in [0.25, 0.3) is 0 Å². The lowest BCUT2D eigenvalue weighted by molar-refractivity contribution is -0.122. The molecule has 1 unspecified atom stereocenters. The lowest BCUT2D eigenvalue weighted by Gasteiger charge is -2.26. The Morgan fingerprint density at radius 3 is 2.33 bits per heavy atom. The minimum atomic E-state index is 0.228. The second kappa shape index (κ2) is 7.78. The summed E-state index contributed by atoms with van der Waals surface area (Å²) >= 11 is 0. The number of hydrogen-bond donors (Lipinski definition) is 2. The largest absolute Gasteiger partial charge is 0.354 e. The molecule has 1 atom stereocenters. The zero-order valence-corrected chi connectivity index (χ0v) is 12.2. The zero-order valence-electron chi connectivity index (χ0n) is 12.2. The van der Waals surface area contributed by atoms with Gasteiger partial charge in [-0.1, -0.05) is 13.8 Å². The van der Waals surface area contributed by atoms with Gasteiger partial charge in [0, 0.05) is 18.5 Å². The van der Waals surface area contributed by atoms with E-state index in [4.69, 9.17) is 5.73 Å². The molecule has 3 heteroatoms. The van der Waals surface area contributed by atoms with E-state index in [1.54, 1.807) is 0 Å². The Morgan fingerprint density at radius 2 is 1.78 bits per heavy atom. The van der Waals surface area contributed by atoms with Gasteiger partial charge in [0.25, 0.3) is 0 Å². The number of carbonyl (C=O) groups is 1. The van der Waals surface area contributed by atoms with Crippen LogP contribution in [-0.2, 0) is 4.79 Å². The van der Waals surface area contributed by atoms with Crippen molar-refractivity contribution in [2.24, 2.45) is 17.6 Å². The number of nitrogens with two attached hydrogens (primary N) is 1. The van der Waals surface area contributed by atoms with Gasteiger partial charge in [0.05, 0.1) is 0 Å². The first-order valence-corrected chi connectivity index (χ1v) is 7.52. The maximum absolute atomic E-state index is 11.9. The highest BCUT2D eigenvalue weighted by atomic mass is 16.1. The van der Waals surface area contributed by atoms with Gasteiger partial charge in [-0.15, -0.1) is 0 Å². The summed E-state index contributed by atoms with van der Waals surface area (Å²) in [5, 5.41) is 3.12. The number of carbonyl (C=O) groups excluding carboxylic acids is 1. The normalized spacial score (nSPS) is 26.1. The third kappa shape index (κ3) is 6.39. The monoisotopic (exact) mass is 254 g/mol. The Hall–Kier alpha value is -0.570. The van der Waals surface area contributed by atoms with Crippen molar-refractivity contribution >= 4 is 5.91 Å². The van der Waals surface area contributed by atoms with Gasteiger partial charge in [-0.2, -0.15) is 0 Å². The van der Waals surface area contributed by atoms with Crippen LogP contribution in [0.15, 0.2) is 0 Å². The average molecular weight is 254 g/mol. The van der Waals surface area contributed by atoms with Gasteiger partial charge in [-0.05, 0) is 57.3 Å². The molecule has 0 radical (unpaired) electrons. The molecule has 0 saturated heterocycles. The summed E-state index contributed by atoms with van der Waals surface area (Å²) in [5.74, 6) is 1.50. The summed E-state index contributed by atoms with van der Waals surface area (Å²) in [7, 11) is 0. The van der Waals surface area contributed by atoms with E-state index in [9.17, 15) is 4.79 Å². The number of rotatable bonds is 6. The van der Waals surface area contributed by atoms with Crippen molar-refractivity contribution in [2.45, 2.75) is 77.8 Å². The highest BCUT2D eigenvalue weighted by molar-refractivity contribution is 5.76. The van der Waals surface area contributed by atoms with Crippen molar-refractivity contribution in [3.05, 3.63) is 0 Å². The molecule has 106 valence electrons. The Morgan fingerprint density at radius 1 is 1.17 bits per heavy atom. The van der Waals surface area contributed by atoms with Crippen molar-refractivity contribution in [1.29, 1.82) is 0 Å². The molecule has 18 heavy (non-hydrogen) atoms. The Kier molecular flexibility index (Phi) is 6.69. The summed E-state index contributed by atoms with van der Waals surface area (Å²) < 4.78 is 0. The fraction of sp³-hybridized carbons (Fsp3) is 0.933. The average Bonchev–Trinajstić information content (AvgIpc) is 2.29. The first-order valence-electron chi connectivity index (χ1n) is 7.52. The van der Waals surface area contributed by atoms with Gasteiger partial charge in [0.15, 0.2) is 0 Å². The molecule has 0 bridgehead atoms. The topological polar surface area (TPSA) is 55.1 Å². The van der Waals surface area contributed by atoms with Gasteiger partial charge < -0.3 is 11.1 Å². The summed E-state index contributed by atoms with van der Waals surface area (Å²) in [5.41, 5.74) is 5.88. The first kappa shape index (κ1) is 15.5. The second-order valence-electron chi connectivity index (χ2n) is 6.42. The molecule has 3 nitrogen and oxygen atoms in total. The van der Waals surface area contributed by atoms with Gasteiger partial charge in [-0.3, -0.25) is 4.79 Å². The Bertz CT molecular complexity index is 245. The van der Waals surface area contributed by atoms with Gasteiger partial charge >= 0.3 is 0 Å². The molecule has 0 spiro atoms. The van der Waals surface area contributed by atoms with Crippen LogP contribution in [0.2, 0.25) is 0 Å². The molecular weight excluding hydrogens is 224 g/mol. The maximum Gasteiger partial charge on any atom is 0.220 e. The first-order chi connectivity index (χ1) is 8.47. The molecule has 0 aromatic carbocycles. The van der Waals surface area contributed by atoms with E-state index >= 15 is 0 Å². The van der Waals surface area contributed by atoms with E-state index < -0.39 is 0 Å². The van der Waals surface area contributed by atoms with Gasteiger partial charge in [0.2, 0.25) is 5.91 Å². The number of nitrogens with one attached hydrogen (secondary N) is 1. The third-order valence-corrected chi connectivity index (χ3v) is 3.95. The van der Waals surface area contributed by atoms with Crippen LogP contribution in [-0.4, -0.2) is 18.0 Å². The van der Waals surface area contributed by atoms with Crippen molar-refractivity contribution in [3.8, 4) is 0 Å². The van der Waals surface area contributed by atoms with E-state index in [0.717, 1.165) is 32.1 Å². The van der Waals surface area contributed by atoms with E-state index in [-0.39, 0.29) is 5.91 Å². The van der Waals surface area contributed by atoms with E-state index in [0.29, 0.717) is 30.3 Å². The SMILES string of the molecule is CC(C)CCC(C)NC(=O)CC1CCC(N)CC1. The number of amides is 1. The fourth-order valence-electron chi connectivity index (χ4n) is 2.64. The van der Waals surface area contributed by atoms with Crippen LogP contribution in [0.5, 0.6) is 0 Å². The van der Waals surface area contributed by atoms with Crippen molar-refractivity contribution in [2.75, 3.05) is 0 Å². The predicted molar refractivity (Wildman–Crippen MR) is 76.2 cm³/mol. The summed E-state index contributed by atoms with van der Waals surface area (Å²) in [4.78, 5) is 11.9. The smallest absolute Gasteiger partial charge is 0.220 e. The van der Waals surface area contributed by atoms with Crippen LogP contribution >= 0.6 is 0 Å². The second-order valence-corrected chi connectivity index (χ2v) is 6.42. The minimum Gasteiger partial charge on any atom is -0.354 e. The molecule has 0 aromatic heterocycles. The summed E-state index contributed by atoms with van der Waals surface area (Å²) in [6.07, 6.45) is 7.36. The Labute approximate surface area is 112 Å². The molecular formula is C15H30N2O. The molecule has 3 N–H and O–H groups in total. The zero-order chi connectivity index (χ0) is 13.5. The van der Waals surface area contributed by atoms with E-state index in [1.165, 1.54) is 6.42 Å². The van der Waals surface area contributed by atoms with E-state index in [1.807, 2.05) is 0 Å². The van der Waals surface area contributed by atoms with Crippen molar-refractivity contribution in [1.82, 2.24) is 5.32 Å². The molecule has 1 fully saturated rings. The van der Waals surface area contributed by atoms with Crippen molar-refractivity contribution in [3.63, 3.8) is 0 Å². The predicted octanol–water partition coefficient (Wildman–Crippen LogP) is 2.83. The van der Waals surface area contributed by atoms with Crippen molar-refractivity contribution < 1.29 is 4.79 Å². The van der Waals surface area contributed by atoms with Crippen LogP contribution < -0.4 is 11.1 Å². The quantitative estimate of drug-likeness (QED) is 0.766. The molecule has 1 rings (SSSR count). The van der Waals surface area contributed by atoms with Gasteiger partial charge in [-0.25, -0.2) is 0 Å². The standard InChI is InChI=1S/C15H30N2O/c1-11(2)4-5-12(3)17-15(18)10-13-6-8-14(16)9-7-13/h11-14H,4-10,16H2,1-3H3,(H,17,18). The molecule has 0 aliphatic heterocycles. The minimum absolute atomic E-state index is 0.228.